The van der Waals surface area contributed by atoms with Crippen molar-refractivity contribution in [3.8, 4) is 44.9 Å². The monoisotopic (exact) mass is 544 g/mol. The summed E-state index contributed by atoms with van der Waals surface area (Å²) < 4.78 is 6.38. The molecule has 1 heteroatoms. The zero-order valence-corrected chi connectivity index (χ0v) is 23.3. The normalized spacial score (nSPS) is 12.4. The van der Waals surface area contributed by atoms with Crippen LogP contribution >= 0.6 is 0 Å². The molecule has 0 saturated carbocycles. The molecule has 0 N–H and O–H groups in total. The van der Waals surface area contributed by atoms with Crippen LogP contribution in [0.3, 0.4) is 0 Å². The number of rotatable bonds is 2. The minimum absolute atomic E-state index is 0.907. The van der Waals surface area contributed by atoms with Gasteiger partial charge in [0.2, 0.25) is 0 Å². The van der Waals surface area contributed by atoms with E-state index in [1.165, 1.54) is 81.7 Å². The Morgan fingerprint density at radius 2 is 0.884 bits per heavy atom. The van der Waals surface area contributed by atoms with Crippen LogP contribution in [0.15, 0.2) is 146 Å². The van der Waals surface area contributed by atoms with Gasteiger partial charge in [-0.3, -0.25) is 0 Å². The minimum Gasteiger partial charge on any atom is -0.456 e. The average Bonchev–Trinajstić information content (AvgIpc) is 3.07. The van der Waals surface area contributed by atoms with Crippen LogP contribution in [0.2, 0.25) is 0 Å². The van der Waals surface area contributed by atoms with Crippen molar-refractivity contribution in [1.29, 1.82) is 0 Å². The second kappa shape index (κ2) is 8.44. The Bertz CT molecular complexity index is 2570. The Hall–Kier alpha value is -5.66. The van der Waals surface area contributed by atoms with Gasteiger partial charge in [-0.15, -0.1) is 0 Å². The van der Waals surface area contributed by atoms with E-state index < -0.39 is 0 Å². The maximum atomic E-state index is 6.38. The van der Waals surface area contributed by atoms with Crippen LogP contribution in [0.1, 0.15) is 0 Å². The van der Waals surface area contributed by atoms with Gasteiger partial charge in [-0.05, 0) is 101 Å². The fourth-order valence-electron chi connectivity index (χ4n) is 7.40. The van der Waals surface area contributed by atoms with Gasteiger partial charge in [-0.1, -0.05) is 121 Å². The molecule has 9 aromatic carbocycles. The third kappa shape index (κ3) is 3.22. The van der Waals surface area contributed by atoms with E-state index in [4.69, 9.17) is 4.74 Å². The van der Waals surface area contributed by atoms with Crippen molar-refractivity contribution in [3.63, 3.8) is 0 Å². The summed E-state index contributed by atoms with van der Waals surface area (Å²) in [6.07, 6.45) is 0. The number of fused-ring (bicyclic) bond motifs is 3. The molecule has 0 spiro atoms. The van der Waals surface area contributed by atoms with Gasteiger partial charge in [-0.25, -0.2) is 0 Å². The molecule has 0 atom stereocenters. The lowest BCUT2D eigenvalue weighted by Crippen LogP contribution is -1.97. The zero-order valence-electron chi connectivity index (χ0n) is 23.3. The van der Waals surface area contributed by atoms with Crippen LogP contribution in [0.4, 0.5) is 0 Å². The molecule has 1 aliphatic heterocycles. The number of hydrogen-bond acceptors (Lipinski definition) is 1. The summed E-state index contributed by atoms with van der Waals surface area (Å²) in [7, 11) is 0. The van der Waals surface area contributed by atoms with E-state index >= 15 is 0 Å². The molecular formula is C42H24O. The van der Waals surface area contributed by atoms with Gasteiger partial charge in [0.25, 0.3) is 0 Å². The smallest absolute Gasteiger partial charge is 0.135 e. The zero-order chi connectivity index (χ0) is 28.1. The van der Waals surface area contributed by atoms with Crippen LogP contribution in [0, 0.1) is 0 Å². The lowest BCUT2D eigenvalue weighted by molar-refractivity contribution is 0.487. The van der Waals surface area contributed by atoms with Crippen LogP contribution in [-0.4, -0.2) is 0 Å². The van der Waals surface area contributed by atoms with Gasteiger partial charge in [0.15, 0.2) is 0 Å². The molecule has 0 amide bonds. The second-order valence-electron chi connectivity index (χ2n) is 11.7. The highest BCUT2D eigenvalue weighted by atomic mass is 16.5. The first-order valence-electron chi connectivity index (χ1n) is 14.8. The van der Waals surface area contributed by atoms with Gasteiger partial charge in [0.05, 0.1) is 0 Å². The predicted molar refractivity (Wildman–Crippen MR) is 182 cm³/mol. The summed E-state index contributed by atoms with van der Waals surface area (Å²) in [4.78, 5) is 0. The summed E-state index contributed by atoms with van der Waals surface area (Å²) in [5.74, 6) is 1.84. The Balaban J connectivity index is 1.18. The maximum absolute atomic E-state index is 6.38. The number of ether oxygens (including phenoxy) is 1. The molecule has 198 valence electrons. The maximum Gasteiger partial charge on any atom is 0.135 e. The SMILES string of the molecule is c1cc(-c2ccc3ccc4cccc5ccc2c3c45)c2cc(-c3ccc4c(c3)-c3cccc5cccc(c35)O4)ccc2c1. The van der Waals surface area contributed by atoms with Gasteiger partial charge in [0.1, 0.15) is 11.5 Å². The molecule has 1 nitrogen and oxygen atoms in total. The van der Waals surface area contributed by atoms with Crippen molar-refractivity contribution in [3.05, 3.63) is 146 Å². The summed E-state index contributed by atoms with van der Waals surface area (Å²) in [6.45, 7) is 0. The lowest BCUT2D eigenvalue weighted by Gasteiger charge is -2.22. The Morgan fingerprint density at radius 3 is 1.74 bits per heavy atom. The van der Waals surface area contributed by atoms with E-state index in [9.17, 15) is 0 Å². The fourth-order valence-corrected chi connectivity index (χ4v) is 7.40. The average molecular weight is 545 g/mol. The first kappa shape index (κ1) is 23.0. The lowest BCUT2D eigenvalue weighted by atomic mass is 9.87. The minimum atomic E-state index is 0.907. The highest BCUT2D eigenvalue weighted by molar-refractivity contribution is 6.26. The third-order valence-corrected chi connectivity index (χ3v) is 9.39. The van der Waals surface area contributed by atoms with Crippen LogP contribution in [0.5, 0.6) is 11.5 Å². The molecule has 0 aliphatic carbocycles. The van der Waals surface area contributed by atoms with E-state index in [2.05, 4.69) is 146 Å². The van der Waals surface area contributed by atoms with Crippen molar-refractivity contribution in [2.45, 2.75) is 0 Å². The molecule has 43 heavy (non-hydrogen) atoms. The molecule has 0 fully saturated rings. The van der Waals surface area contributed by atoms with E-state index in [1.54, 1.807) is 0 Å². The Morgan fingerprint density at radius 1 is 0.302 bits per heavy atom. The Labute approximate surface area is 248 Å². The molecule has 1 aliphatic rings. The highest BCUT2D eigenvalue weighted by Gasteiger charge is 2.20. The summed E-state index contributed by atoms with van der Waals surface area (Å²) in [5, 5.41) is 12.8. The Kier molecular flexibility index (Phi) is 4.51. The third-order valence-electron chi connectivity index (χ3n) is 9.39. The fraction of sp³-hybridized carbons (Fsp3) is 0. The molecule has 0 saturated heterocycles. The van der Waals surface area contributed by atoms with Gasteiger partial charge in [-0.2, -0.15) is 0 Å². The standard InChI is InChI=1S/C42H24O/c1-6-27-14-15-29-17-20-33(35-21-18-28(7-1)40(27)42(29)35)32-10-2-5-25-13-16-30(23-36(25)32)31-19-22-38-37(24-31)34-11-3-8-26-9-4-12-39(43-38)41(26)34/h1-24H. The number of hydrogen-bond donors (Lipinski definition) is 0. The second-order valence-corrected chi connectivity index (χ2v) is 11.7. The van der Waals surface area contributed by atoms with Crippen molar-refractivity contribution in [1.82, 2.24) is 0 Å². The summed E-state index contributed by atoms with van der Waals surface area (Å²) in [6, 6.07) is 53.2. The van der Waals surface area contributed by atoms with Gasteiger partial charge in [0, 0.05) is 10.9 Å². The first-order chi connectivity index (χ1) is 21.3. The van der Waals surface area contributed by atoms with E-state index in [0.29, 0.717) is 0 Å². The van der Waals surface area contributed by atoms with Crippen molar-refractivity contribution >= 4 is 53.9 Å². The van der Waals surface area contributed by atoms with Gasteiger partial charge < -0.3 is 4.74 Å². The molecule has 0 bridgehead atoms. The largest absolute Gasteiger partial charge is 0.456 e. The molecule has 9 aromatic rings. The molecule has 10 rings (SSSR count). The van der Waals surface area contributed by atoms with Crippen LogP contribution in [0.25, 0.3) is 87.2 Å². The molecule has 1 heterocycles. The molecule has 0 unspecified atom stereocenters. The topological polar surface area (TPSA) is 9.23 Å². The molecule has 0 aromatic heterocycles. The summed E-state index contributed by atoms with van der Waals surface area (Å²) in [5.41, 5.74) is 7.29. The summed E-state index contributed by atoms with van der Waals surface area (Å²) >= 11 is 0. The van der Waals surface area contributed by atoms with E-state index in [-0.39, 0.29) is 0 Å². The van der Waals surface area contributed by atoms with Crippen LogP contribution in [-0.2, 0) is 0 Å². The molecule has 0 radical (unpaired) electrons. The van der Waals surface area contributed by atoms with Crippen molar-refractivity contribution in [2.75, 3.05) is 0 Å². The predicted octanol–water partition coefficient (Wildman–Crippen LogP) is 12.0. The van der Waals surface area contributed by atoms with Crippen LogP contribution < -0.4 is 4.74 Å². The van der Waals surface area contributed by atoms with Crippen molar-refractivity contribution in [2.24, 2.45) is 0 Å². The quantitative estimate of drug-likeness (QED) is 0.197. The number of benzene rings is 9. The van der Waals surface area contributed by atoms with E-state index in [0.717, 1.165) is 17.1 Å². The van der Waals surface area contributed by atoms with Crippen molar-refractivity contribution < 1.29 is 4.74 Å². The molecular weight excluding hydrogens is 520 g/mol. The highest BCUT2D eigenvalue weighted by Crippen LogP contribution is 2.48. The van der Waals surface area contributed by atoms with Gasteiger partial charge >= 0.3 is 0 Å². The van der Waals surface area contributed by atoms with E-state index in [1.807, 2.05) is 0 Å². The first-order valence-corrected chi connectivity index (χ1v) is 14.8.